The number of imide groups is 1. The minimum absolute atomic E-state index is 0.176. The Morgan fingerprint density at radius 3 is 2.74 bits per heavy atom. The third-order valence-electron chi connectivity index (χ3n) is 5.19. The Bertz CT molecular complexity index is 814. The molecular formula is C18H19F2N3O4. The van der Waals surface area contributed by atoms with Gasteiger partial charge in [0, 0.05) is 24.9 Å². The summed E-state index contributed by atoms with van der Waals surface area (Å²) >= 11 is 0. The summed E-state index contributed by atoms with van der Waals surface area (Å²) in [6.07, 6.45) is -0.587. The van der Waals surface area contributed by atoms with Gasteiger partial charge in [-0.15, -0.1) is 0 Å². The number of amides is 3. The van der Waals surface area contributed by atoms with Gasteiger partial charge in [0.2, 0.25) is 11.8 Å². The van der Waals surface area contributed by atoms with Crippen LogP contribution < -0.4 is 15.4 Å². The van der Waals surface area contributed by atoms with Crippen LogP contribution in [0.5, 0.6) is 5.75 Å². The van der Waals surface area contributed by atoms with E-state index in [1.54, 1.807) is 6.07 Å². The van der Waals surface area contributed by atoms with Crippen molar-refractivity contribution >= 4 is 17.7 Å². The van der Waals surface area contributed by atoms with Crippen LogP contribution in [0.2, 0.25) is 0 Å². The number of carbonyl (C=O) groups excluding carboxylic acids is 3. The summed E-state index contributed by atoms with van der Waals surface area (Å²) in [5, 5.41) is 4.89. The molecular weight excluding hydrogens is 360 g/mol. The zero-order valence-electron chi connectivity index (χ0n) is 14.5. The molecule has 1 aromatic carbocycles. The molecule has 0 radical (unpaired) electrons. The summed E-state index contributed by atoms with van der Waals surface area (Å²) in [6, 6.07) is 3.92. The molecule has 0 saturated carbocycles. The van der Waals surface area contributed by atoms with Crippen LogP contribution in [-0.4, -0.2) is 53.8 Å². The molecule has 0 bridgehead atoms. The van der Waals surface area contributed by atoms with Crippen molar-refractivity contribution in [2.45, 2.75) is 43.9 Å². The van der Waals surface area contributed by atoms with E-state index in [4.69, 9.17) is 4.74 Å². The third-order valence-corrected chi connectivity index (χ3v) is 5.19. The molecule has 3 aliphatic rings. The SMILES string of the molecule is O=C1CCC(N2Cc3cc(OC4CCNCC4(F)F)ccc3C2=O)C(=O)N1. The zero-order valence-corrected chi connectivity index (χ0v) is 14.5. The predicted octanol–water partition coefficient (Wildman–Crippen LogP) is 0.824. The first kappa shape index (κ1) is 17.8. The standard InChI is InChI=1S/C18H19F2N3O4/c19-18(20)9-21-6-5-14(18)27-11-1-2-12-10(7-11)8-23(17(12)26)13-3-4-15(24)22-16(13)25/h1-2,7,13-14,21H,3-6,8-9H2,(H,22,24,25). The molecule has 0 aromatic heterocycles. The Labute approximate surface area is 154 Å². The van der Waals surface area contributed by atoms with E-state index in [-0.39, 0.29) is 43.4 Å². The molecule has 0 aliphatic carbocycles. The van der Waals surface area contributed by atoms with Crippen LogP contribution in [0.1, 0.15) is 35.2 Å². The van der Waals surface area contributed by atoms with Gasteiger partial charge in [-0.2, -0.15) is 0 Å². The predicted molar refractivity (Wildman–Crippen MR) is 89.3 cm³/mol. The third kappa shape index (κ3) is 3.27. The summed E-state index contributed by atoms with van der Waals surface area (Å²) in [5.74, 6) is -3.83. The second-order valence-corrected chi connectivity index (χ2v) is 7.05. The number of hydrogen-bond donors (Lipinski definition) is 2. The minimum Gasteiger partial charge on any atom is -0.484 e. The van der Waals surface area contributed by atoms with Crippen LogP contribution in [0.15, 0.2) is 18.2 Å². The number of rotatable bonds is 3. The highest BCUT2D eigenvalue weighted by molar-refractivity contribution is 6.05. The lowest BCUT2D eigenvalue weighted by Crippen LogP contribution is -2.52. The van der Waals surface area contributed by atoms with E-state index in [9.17, 15) is 23.2 Å². The van der Waals surface area contributed by atoms with Crippen LogP contribution in [0.3, 0.4) is 0 Å². The van der Waals surface area contributed by atoms with Crippen molar-refractivity contribution in [3.05, 3.63) is 29.3 Å². The van der Waals surface area contributed by atoms with Crippen molar-refractivity contribution in [2.24, 2.45) is 0 Å². The maximum Gasteiger partial charge on any atom is 0.296 e. The first-order chi connectivity index (χ1) is 12.8. The first-order valence-electron chi connectivity index (χ1n) is 8.88. The normalized spacial score (nSPS) is 27.3. The van der Waals surface area contributed by atoms with E-state index < -0.39 is 30.5 Å². The highest BCUT2D eigenvalue weighted by atomic mass is 19.3. The fourth-order valence-electron chi connectivity index (χ4n) is 3.75. The van der Waals surface area contributed by atoms with Crippen LogP contribution in [0, 0.1) is 0 Å². The van der Waals surface area contributed by atoms with Crippen molar-refractivity contribution in [1.29, 1.82) is 0 Å². The zero-order chi connectivity index (χ0) is 19.2. The van der Waals surface area contributed by atoms with Crippen molar-refractivity contribution in [1.82, 2.24) is 15.5 Å². The molecule has 9 heteroatoms. The first-order valence-corrected chi connectivity index (χ1v) is 8.88. The molecule has 7 nitrogen and oxygen atoms in total. The lowest BCUT2D eigenvalue weighted by molar-refractivity contribution is -0.136. The highest BCUT2D eigenvalue weighted by Crippen LogP contribution is 2.33. The molecule has 0 spiro atoms. The molecule has 2 N–H and O–H groups in total. The Hall–Kier alpha value is -2.55. The maximum absolute atomic E-state index is 13.9. The van der Waals surface area contributed by atoms with E-state index in [0.29, 0.717) is 17.7 Å². The molecule has 4 rings (SSSR count). The number of fused-ring (bicyclic) bond motifs is 1. The van der Waals surface area contributed by atoms with Gasteiger partial charge in [-0.1, -0.05) is 0 Å². The maximum atomic E-state index is 13.9. The molecule has 2 fully saturated rings. The van der Waals surface area contributed by atoms with Crippen LogP contribution in [0.4, 0.5) is 8.78 Å². The van der Waals surface area contributed by atoms with Crippen LogP contribution in [-0.2, 0) is 16.1 Å². The van der Waals surface area contributed by atoms with Gasteiger partial charge >= 0.3 is 0 Å². The molecule has 1 aromatic rings. The highest BCUT2D eigenvalue weighted by Gasteiger charge is 2.44. The van der Waals surface area contributed by atoms with Gasteiger partial charge in [-0.25, -0.2) is 8.78 Å². The van der Waals surface area contributed by atoms with Gasteiger partial charge in [0.15, 0.2) is 6.10 Å². The van der Waals surface area contributed by atoms with E-state index in [1.807, 2.05) is 0 Å². The number of benzene rings is 1. The van der Waals surface area contributed by atoms with E-state index in [2.05, 4.69) is 10.6 Å². The molecule has 3 heterocycles. The average Bonchev–Trinajstić information content (AvgIpc) is 2.93. The Morgan fingerprint density at radius 2 is 2.00 bits per heavy atom. The molecule has 3 aliphatic heterocycles. The smallest absolute Gasteiger partial charge is 0.296 e. The lowest BCUT2D eigenvalue weighted by atomic mass is 10.0. The average molecular weight is 379 g/mol. The number of nitrogens with one attached hydrogen (secondary N) is 2. The topological polar surface area (TPSA) is 87.7 Å². The number of alkyl halides is 2. The summed E-state index contributed by atoms with van der Waals surface area (Å²) in [6.45, 7) is 0.206. The van der Waals surface area contributed by atoms with E-state index in [0.717, 1.165) is 0 Å². The Balaban J connectivity index is 1.51. The van der Waals surface area contributed by atoms with Crippen molar-refractivity contribution < 1.29 is 27.9 Å². The largest absolute Gasteiger partial charge is 0.484 e. The minimum atomic E-state index is -2.97. The number of hydrogen-bond acceptors (Lipinski definition) is 5. The number of nitrogens with zero attached hydrogens (tertiary/aromatic N) is 1. The van der Waals surface area contributed by atoms with Crippen LogP contribution >= 0.6 is 0 Å². The lowest BCUT2D eigenvalue weighted by Gasteiger charge is -2.32. The fraction of sp³-hybridized carbons (Fsp3) is 0.500. The van der Waals surface area contributed by atoms with Gasteiger partial charge in [0.25, 0.3) is 11.8 Å². The van der Waals surface area contributed by atoms with Gasteiger partial charge in [-0.05, 0) is 36.7 Å². The summed E-state index contributed by atoms with van der Waals surface area (Å²) in [4.78, 5) is 37.4. The van der Waals surface area contributed by atoms with Crippen molar-refractivity contribution in [3.8, 4) is 5.75 Å². The summed E-state index contributed by atoms with van der Waals surface area (Å²) in [7, 11) is 0. The number of ether oxygens (including phenoxy) is 1. The van der Waals surface area contributed by atoms with E-state index in [1.165, 1.54) is 17.0 Å². The molecule has 2 saturated heterocycles. The monoisotopic (exact) mass is 379 g/mol. The molecule has 27 heavy (non-hydrogen) atoms. The summed E-state index contributed by atoms with van der Waals surface area (Å²) in [5.41, 5.74) is 1.04. The van der Waals surface area contributed by atoms with E-state index >= 15 is 0 Å². The summed E-state index contributed by atoms with van der Waals surface area (Å²) < 4.78 is 33.4. The number of halogens is 2. The van der Waals surface area contributed by atoms with Gasteiger partial charge in [0.05, 0.1) is 6.54 Å². The van der Waals surface area contributed by atoms with Crippen LogP contribution in [0.25, 0.3) is 0 Å². The van der Waals surface area contributed by atoms with Gasteiger partial charge < -0.3 is 15.0 Å². The molecule has 2 unspecified atom stereocenters. The molecule has 144 valence electrons. The van der Waals surface area contributed by atoms with Gasteiger partial charge in [-0.3, -0.25) is 19.7 Å². The second-order valence-electron chi connectivity index (χ2n) is 7.05. The quantitative estimate of drug-likeness (QED) is 0.760. The molecule has 2 atom stereocenters. The Morgan fingerprint density at radius 1 is 1.19 bits per heavy atom. The number of piperidine rings is 2. The molecule has 3 amide bonds. The Kier molecular flexibility index (Phi) is 4.33. The van der Waals surface area contributed by atoms with Crippen molar-refractivity contribution in [2.75, 3.05) is 13.1 Å². The fourth-order valence-corrected chi connectivity index (χ4v) is 3.75. The second kappa shape index (κ2) is 6.56. The number of carbonyl (C=O) groups is 3. The van der Waals surface area contributed by atoms with Crippen molar-refractivity contribution in [3.63, 3.8) is 0 Å². The van der Waals surface area contributed by atoms with Gasteiger partial charge in [0.1, 0.15) is 11.8 Å².